The van der Waals surface area contributed by atoms with E-state index in [0.29, 0.717) is 36.5 Å². The van der Waals surface area contributed by atoms with Crippen LogP contribution in [0.3, 0.4) is 0 Å². The van der Waals surface area contributed by atoms with Gasteiger partial charge in [0.1, 0.15) is 5.69 Å². The molecule has 2 amide bonds. The molecule has 0 atom stereocenters. The van der Waals surface area contributed by atoms with E-state index in [-0.39, 0.29) is 24.3 Å². The van der Waals surface area contributed by atoms with Crippen LogP contribution in [-0.4, -0.2) is 54.0 Å². The lowest BCUT2D eigenvalue weighted by Crippen LogP contribution is -2.44. The molecule has 0 radical (unpaired) electrons. The summed E-state index contributed by atoms with van der Waals surface area (Å²) >= 11 is 0. The van der Waals surface area contributed by atoms with E-state index >= 15 is 0 Å². The van der Waals surface area contributed by atoms with Crippen LogP contribution >= 0.6 is 0 Å². The molecule has 26 heavy (non-hydrogen) atoms. The van der Waals surface area contributed by atoms with Gasteiger partial charge in [-0.25, -0.2) is 9.59 Å². The molecule has 1 N–H and O–H groups in total. The molecular formula is C19H31N3O4. The number of rotatable bonds is 8. The van der Waals surface area contributed by atoms with Gasteiger partial charge in [-0.05, 0) is 39.2 Å². The number of nitrogens with one attached hydrogen (secondary N) is 1. The van der Waals surface area contributed by atoms with Gasteiger partial charge in [-0.3, -0.25) is 4.79 Å². The number of Topliss-reactive ketones (excluding diaryl/α,β-unsaturated/α-hetero) is 1. The quantitative estimate of drug-likeness (QED) is 0.567. The number of methoxy groups -OCH3 is 1. The van der Waals surface area contributed by atoms with Gasteiger partial charge in [0, 0.05) is 30.9 Å². The van der Waals surface area contributed by atoms with Crippen LogP contribution in [0.1, 0.15) is 59.8 Å². The van der Waals surface area contributed by atoms with E-state index in [0.717, 1.165) is 5.69 Å². The van der Waals surface area contributed by atoms with Crippen molar-refractivity contribution in [2.24, 2.45) is 5.92 Å². The fourth-order valence-electron chi connectivity index (χ4n) is 3.24. The molecule has 0 bridgehead atoms. The monoisotopic (exact) mass is 365 g/mol. The molecule has 0 unspecified atom stereocenters. The summed E-state index contributed by atoms with van der Waals surface area (Å²) in [6, 6.07) is -0.257. The summed E-state index contributed by atoms with van der Waals surface area (Å²) in [4.78, 5) is 38.9. The molecule has 0 saturated heterocycles. The van der Waals surface area contributed by atoms with Gasteiger partial charge < -0.3 is 19.5 Å². The summed E-state index contributed by atoms with van der Waals surface area (Å²) in [5, 5.41) is 2.75. The van der Waals surface area contributed by atoms with Crippen LogP contribution in [0.2, 0.25) is 0 Å². The molecule has 0 fully saturated rings. The van der Waals surface area contributed by atoms with Crippen LogP contribution in [-0.2, 0) is 11.3 Å². The standard InChI is InChI=1S/C19H31N3O4/c1-8-20-19(25)21(10-12(3)4)11-15(23)16-13(5)17(18(24)26-7)22(9-2)14(16)6/h12H,8-11H2,1-7H3,(H,20,25). The molecule has 0 spiro atoms. The largest absolute Gasteiger partial charge is 0.464 e. The van der Waals surface area contributed by atoms with E-state index < -0.39 is 5.97 Å². The maximum absolute atomic E-state index is 13.0. The lowest BCUT2D eigenvalue weighted by molar-refractivity contribution is 0.0587. The van der Waals surface area contributed by atoms with E-state index in [4.69, 9.17) is 4.74 Å². The van der Waals surface area contributed by atoms with Crippen LogP contribution in [0.25, 0.3) is 0 Å². The van der Waals surface area contributed by atoms with Crippen LogP contribution in [0, 0.1) is 19.8 Å². The first kappa shape index (κ1) is 21.7. The van der Waals surface area contributed by atoms with Gasteiger partial charge in [-0.15, -0.1) is 0 Å². The summed E-state index contributed by atoms with van der Waals surface area (Å²) in [6.45, 7) is 12.8. The third-order valence-electron chi connectivity index (χ3n) is 4.28. The Bertz CT molecular complexity index is 677. The van der Waals surface area contributed by atoms with Crippen molar-refractivity contribution < 1.29 is 19.1 Å². The minimum absolute atomic E-state index is 0.0277. The molecule has 7 heteroatoms. The second-order valence-electron chi connectivity index (χ2n) is 6.70. The highest BCUT2D eigenvalue weighted by Gasteiger charge is 2.28. The molecule has 0 saturated carbocycles. The molecule has 0 aromatic carbocycles. The summed E-state index contributed by atoms with van der Waals surface area (Å²) in [7, 11) is 1.32. The van der Waals surface area contributed by atoms with Gasteiger partial charge in [0.15, 0.2) is 5.78 Å². The number of ketones is 1. The Morgan fingerprint density at radius 3 is 2.27 bits per heavy atom. The molecule has 146 valence electrons. The molecule has 1 aromatic heterocycles. The third-order valence-corrected chi connectivity index (χ3v) is 4.28. The Labute approximate surface area is 155 Å². The smallest absolute Gasteiger partial charge is 0.354 e. The Balaban J connectivity index is 3.24. The zero-order chi connectivity index (χ0) is 20.0. The lowest BCUT2D eigenvalue weighted by Gasteiger charge is -2.24. The zero-order valence-corrected chi connectivity index (χ0v) is 16.9. The molecular weight excluding hydrogens is 334 g/mol. The van der Waals surface area contributed by atoms with Crippen molar-refractivity contribution in [3.8, 4) is 0 Å². The van der Waals surface area contributed by atoms with Crippen LogP contribution in [0.4, 0.5) is 4.79 Å². The molecule has 7 nitrogen and oxygen atoms in total. The third kappa shape index (κ3) is 4.65. The average Bonchev–Trinajstić information content (AvgIpc) is 2.83. The minimum atomic E-state index is -0.464. The van der Waals surface area contributed by atoms with Gasteiger partial charge in [-0.1, -0.05) is 13.8 Å². The second-order valence-corrected chi connectivity index (χ2v) is 6.70. The number of hydrogen-bond acceptors (Lipinski definition) is 4. The number of aromatic nitrogens is 1. The summed E-state index contributed by atoms with van der Waals surface area (Å²) in [5.74, 6) is -0.406. The number of ether oxygens (including phenoxy) is 1. The molecule has 1 aromatic rings. The fraction of sp³-hybridized carbons (Fsp3) is 0.632. The summed E-state index contributed by atoms with van der Waals surface area (Å²) in [5.41, 5.74) is 2.20. The van der Waals surface area contributed by atoms with Crippen molar-refractivity contribution in [3.63, 3.8) is 0 Å². The molecule has 1 rings (SSSR count). The van der Waals surface area contributed by atoms with Crippen molar-refractivity contribution in [1.29, 1.82) is 0 Å². The van der Waals surface area contributed by atoms with Crippen molar-refractivity contribution in [3.05, 3.63) is 22.5 Å². The van der Waals surface area contributed by atoms with E-state index in [1.807, 2.05) is 34.6 Å². The highest BCUT2D eigenvalue weighted by atomic mass is 16.5. The number of amides is 2. The van der Waals surface area contributed by atoms with E-state index in [1.165, 1.54) is 12.0 Å². The second kappa shape index (κ2) is 9.40. The maximum atomic E-state index is 13.0. The van der Waals surface area contributed by atoms with Crippen molar-refractivity contribution in [2.45, 2.75) is 48.1 Å². The number of carbonyl (C=O) groups is 3. The number of esters is 1. The predicted octanol–water partition coefficient (Wildman–Crippen LogP) is 2.78. The Morgan fingerprint density at radius 2 is 1.81 bits per heavy atom. The summed E-state index contributed by atoms with van der Waals surface area (Å²) < 4.78 is 6.65. The molecule has 0 aliphatic heterocycles. The van der Waals surface area contributed by atoms with Crippen molar-refractivity contribution in [1.82, 2.24) is 14.8 Å². The van der Waals surface area contributed by atoms with Gasteiger partial charge in [-0.2, -0.15) is 0 Å². The van der Waals surface area contributed by atoms with Crippen molar-refractivity contribution in [2.75, 3.05) is 26.7 Å². The molecule has 0 aliphatic rings. The first-order valence-corrected chi connectivity index (χ1v) is 9.03. The summed E-state index contributed by atoms with van der Waals surface area (Å²) in [6.07, 6.45) is 0. The Hall–Kier alpha value is -2.31. The number of carbonyl (C=O) groups excluding carboxylic acids is 3. The molecule has 0 aliphatic carbocycles. The first-order chi connectivity index (χ1) is 12.2. The predicted molar refractivity (Wildman–Crippen MR) is 101 cm³/mol. The SMILES string of the molecule is CCNC(=O)N(CC(=O)c1c(C)c(C(=O)OC)n(CC)c1C)CC(C)C. The van der Waals surface area contributed by atoms with Crippen LogP contribution < -0.4 is 5.32 Å². The maximum Gasteiger partial charge on any atom is 0.354 e. The highest BCUT2D eigenvalue weighted by Crippen LogP contribution is 2.24. The van der Waals surface area contributed by atoms with E-state index in [2.05, 4.69) is 5.32 Å². The van der Waals surface area contributed by atoms with Crippen LogP contribution in [0.5, 0.6) is 0 Å². The van der Waals surface area contributed by atoms with Gasteiger partial charge in [0.25, 0.3) is 0 Å². The van der Waals surface area contributed by atoms with E-state index in [9.17, 15) is 14.4 Å². The Morgan fingerprint density at radius 1 is 1.19 bits per heavy atom. The fourth-order valence-corrected chi connectivity index (χ4v) is 3.24. The van der Waals surface area contributed by atoms with Gasteiger partial charge in [0.05, 0.1) is 13.7 Å². The zero-order valence-electron chi connectivity index (χ0n) is 16.9. The average molecular weight is 365 g/mol. The lowest BCUT2D eigenvalue weighted by atomic mass is 10.0. The minimum Gasteiger partial charge on any atom is -0.464 e. The van der Waals surface area contributed by atoms with Gasteiger partial charge in [0.2, 0.25) is 0 Å². The normalized spacial score (nSPS) is 10.8. The van der Waals surface area contributed by atoms with Crippen molar-refractivity contribution >= 4 is 17.8 Å². The topological polar surface area (TPSA) is 80.6 Å². The number of hydrogen-bond donors (Lipinski definition) is 1. The number of urea groups is 1. The number of nitrogens with zero attached hydrogens (tertiary/aromatic N) is 2. The highest BCUT2D eigenvalue weighted by molar-refractivity contribution is 6.04. The van der Waals surface area contributed by atoms with Crippen LogP contribution in [0.15, 0.2) is 0 Å². The molecule has 1 heterocycles. The Kier molecular flexibility index (Phi) is 7.86. The first-order valence-electron chi connectivity index (χ1n) is 9.03. The van der Waals surface area contributed by atoms with Gasteiger partial charge >= 0.3 is 12.0 Å². The van der Waals surface area contributed by atoms with E-state index in [1.54, 1.807) is 11.5 Å².